The molecule has 1 aliphatic carbocycles. The van der Waals surface area contributed by atoms with E-state index in [1.54, 1.807) is 0 Å². The van der Waals surface area contributed by atoms with Gasteiger partial charge in [0.1, 0.15) is 5.56 Å². The molecule has 2 aromatic rings. The summed E-state index contributed by atoms with van der Waals surface area (Å²) in [7, 11) is 0. The van der Waals surface area contributed by atoms with E-state index >= 15 is 0 Å². The zero-order valence-electron chi connectivity index (χ0n) is 11.3. The number of aromatic nitrogens is 1. The van der Waals surface area contributed by atoms with Gasteiger partial charge in [-0.15, -0.1) is 0 Å². The lowest BCUT2D eigenvalue weighted by molar-refractivity contribution is 0.0991. The van der Waals surface area contributed by atoms with Gasteiger partial charge in [0.05, 0.1) is 17.0 Å². The maximum absolute atomic E-state index is 13.7. The molecule has 0 atom stereocenters. The molecule has 0 saturated carbocycles. The Morgan fingerprint density at radius 2 is 1.29 bits per heavy atom. The summed E-state index contributed by atoms with van der Waals surface area (Å²) in [6.07, 6.45) is 1.83. The Kier molecular flexibility index (Phi) is 3.43. The van der Waals surface area contributed by atoms with Gasteiger partial charge >= 0.3 is 0 Å². The Hall–Kier alpha value is -3.10. The van der Waals surface area contributed by atoms with Crippen molar-refractivity contribution in [3.8, 4) is 0 Å². The van der Waals surface area contributed by atoms with Crippen LogP contribution in [0.4, 0.5) is 22.0 Å². The van der Waals surface area contributed by atoms with Crippen LogP contribution in [-0.4, -0.2) is 22.3 Å². The molecule has 0 amide bonds. The first kappa shape index (κ1) is 15.8. The summed E-state index contributed by atoms with van der Waals surface area (Å²) in [5, 5.41) is 0. The maximum atomic E-state index is 13.7. The predicted octanol–water partition coefficient (Wildman–Crippen LogP) is 2.88. The summed E-state index contributed by atoms with van der Waals surface area (Å²) in [5.74, 6) is -14.5. The van der Waals surface area contributed by atoms with Gasteiger partial charge in [-0.05, 0) is 18.2 Å². The largest absolute Gasteiger partial charge is 0.349 e. The number of nitrogens with one attached hydrogen (secondary N) is 1. The summed E-state index contributed by atoms with van der Waals surface area (Å²) in [6.45, 7) is 0. The second-order valence-electron chi connectivity index (χ2n) is 4.81. The summed E-state index contributed by atoms with van der Waals surface area (Å²) in [5.41, 5.74) is -2.89. The van der Waals surface area contributed by atoms with Crippen molar-refractivity contribution in [1.82, 2.24) is 4.98 Å². The molecule has 0 aliphatic heterocycles. The number of carbonyl (C=O) groups is 3. The number of aromatic amines is 1. The highest BCUT2D eigenvalue weighted by molar-refractivity contribution is 6.23. The lowest BCUT2D eigenvalue weighted by Gasteiger charge is -2.06. The molecular formula is C15H4F5NO3. The fourth-order valence-electron chi connectivity index (χ4n) is 2.23. The van der Waals surface area contributed by atoms with Crippen molar-refractivity contribution in [2.45, 2.75) is 0 Å². The summed E-state index contributed by atoms with van der Waals surface area (Å²) >= 11 is 0. The molecule has 0 unspecified atom stereocenters. The second kappa shape index (κ2) is 5.22. The van der Waals surface area contributed by atoms with Crippen LogP contribution >= 0.6 is 0 Å². The van der Waals surface area contributed by atoms with Gasteiger partial charge in [-0.3, -0.25) is 14.4 Å². The quantitative estimate of drug-likeness (QED) is 0.395. The lowest BCUT2D eigenvalue weighted by atomic mass is 10.0. The van der Waals surface area contributed by atoms with Crippen LogP contribution in [0.25, 0.3) is 0 Å². The number of benzene rings is 1. The van der Waals surface area contributed by atoms with Crippen LogP contribution in [0.15, 0.2) is 18.2 Å². The minimum Gasteiger partial charge on any atom is -0.349 e. The van der Waals surface area contributed by atoms with E-state index in [-0.39, 0.29) is 11.3 Å². The first-order chi connectivity index (χ1) is 11.2. The molecule has 1 aromatic heterocycles. The third kappa shape index (κ3) is 2.08. The van der Waals surface area contributed by atoms with E-state index in [9.17, 15) is 36.3 Å². The van der Waals surface area contributed by atoms with E-state index in [0.717, 1.165) is 18.2 Å². The van der Waals surface area contributed by atoms with Gasteiger partial charge in [0.25, 0.3) is 0 Å². The summed E-state index contributed by atoms with van der Waals surface area (Å²) in [4.78, 5) is 37.5. The molecule has 1 aliphatic rings. The van der Waals surface area contributed by atoms with Gasteiger partial charge < -0.3 is 4.98 Å². The first-order valence-corrected chi connectivity index (χ1v) is 6.30. The number of halogens is 5. The van der Waals surface area contributed by atoms with Gasteiger partial charge in [0.2, 0.25) is 17.4 Å². The van der Waals surface area contributed by atoms with Gasteiger partial charge in [-0.25, -0.2) is 22.0 Å². The smallest absolute Gasteiger partial charge is 0.215 e. The van der Waals surface area contributed by atoms with Crippen LogP contribution in [0.5, 0.6) is 0 Å². The molecule has 0 saturated heterocycles. The first-order valence-electron chi connectivity index (χ1n) is 6.30. The van der Waals surface area contributed by atoms with Gasteiger partial charge in [0.15, 0.2) is 29.1 Å². The number of hydrogen-bond acceptors (Lipinski definition) is 3. The molecular weight excluding hydrogens is 337 g/mol. The number of ketones is 3. The molecule has 1 heterocycles. The van der Waals surface area contributed by atoms with E-state index in [1.807, 2.05) is 0 Å². The van der Waals surface area contributed by atoms with Crippen molar-refractivity contribution in [2.75, 3.05) is 0 Å². The minimum atomic E-state index is -2.40. The molecule has 9 heteroatoms. The number of rotatable bonds is 2. The number of allylic oxidation sites excluding steroid dienone is 2. The number of carbonyl (C=O) groups excluding carboxylic acids is 3. The van der Waals surface area contributed by atoms with Gasteiger partial charge in [0, 0.05) is 0 Å². The van der Waals surface area contributed by atoms with E-state index in [2.05, 4.69) is 4.98 Å². The molecule has 0 bridgehead atoms. The summed E-state index contributed by atoms with van der Waals surface area (Å²) in [6, 6.07) is 0.819. The van der Waals surface area contributed by atoms with Crippen LogP contribution in [0.3, 0.4) is 0 Å². The highest BCUT2D eigenvalue weighted by atomic mass is 19.2. The van der Waals surface area contributed by atoms with Crippen LogP contribution in [0.2, 0.25) is 0 Å². The van der Waals surface area contributed by atoms with E-state index < -0.39 is 57.7 Å². The highest BCUT2D eigenvalue weighted by Gasteiger charge is 2.32. The average Bonchev–Trinajstić information content (AvgIpc) is 3.01. The monoisotopic (exact) mass is 341 g/mol. The van der Waals surface area contributed by atoms with Crippen molar-refractivity contribution in [1.29, 1.82) is 0 Å². The fourth-order valence-corrected chi connectivity index (χ4v) is 2.23. The van der Waals surface area contributed by atoms with Crippen molar-refractivity contribution in [3.63, 3.8) is 0 Å². The van der Waals surface area contributed by atoms with Gasteiger partial charge in [-0.1, -0.05) is 0 Å². The lowest BCUT2D eigenvalue weighted by Crippen LogP contribution is -2.14. The third-order valence-electron chi connectivity index (χ3n) is 3.40. The zero-order valence-corrected chi connectivity index (χ0v) is 11.3. The zero-order chi connectivity index (χ0) is 17.8. The SMILES string of the molecule is O=C1C=CC(=O)c2[nH]c(C(=O)c3c(F)c(F)c(F)c(F)c3F)cc21. The third-order valence-corrected chi connectivity index (χ3v) is 3.40. The molecule has 0 fully saturated rings. The Bertz CT molecular complexity index is 909. The fraction of sp³-hybridized carbons (Fsp3) is 0. The maximum Gasteiger partial charge on any atom is 0.215 e. The Morgan fingerprint density at radius 1 is 0.792 bits per heavy atom. The van der Waals surface area contributed by atoms with Crippen LogP contribution < -0.4 is 0 Å². The summed E-state index contributed by atoms with van der Waals surface area (Å²) < 4.78 is 66.7. The van der Waals surface area contributed by atoms with Crippen molar-refractivity contribution in [2.24, 2.45) is 0 Å². The van der Waals surface area contributed by atoms with Crippen molar-refractivity contribution >= 4 is 17.3 Å². The van der Waals surface area contributed by atoms with Crippen LogP contribution in [0.1, 0.15) is 36.9 Å². The van der Waals surface area contributed by atoms with E-state index in [0.29, 0.717) is 0 Å². The molecule has 0 radical (unpaired) electrons. The molecule has 0 spiro atoms. The molecule has 122 valence electrons. The minimum absolute atomic E-state index is 0.241. The number of hydrogen-bond donors (Lipinski definition) is 1. The normalized spacial score (nSPS) is 13.4. The topological polar surface area (TPSA) is 67.0 Å². The van der Waals surface area contributed by atoms with Gasteiger partial charge in [-0.2, -0.15) is 0 Å². The molecule has 1 N–H and O–H groups in total. The molecule has 24 heavy (non-hydrogen) atoms. The van der Waals surface area contributed by atoms with Crippen molar-refractivity contribution in [3.05, 3.63) is 69.8 Å². The average molecular weight is 341 g/mol. The second-order valence-corrected chi connectivity index (χ2v) is 4.81. The van der Waals surface area contributed by atoms with E-state index in [1.165, 1.54) is 0 Å². The predicted molar refractivity (Wildman–Crippen MR) is 68.3 cm³/mol. The van der Waals surface area contributed by atoms with Crippen LogP contribution in [0, 0.1) is 29.1 Å². The van der Waals surface area contributed by atoms with Crippen molar-refractivity contribution < 1.29 is 36.3 Å². The number of fused-ring (bicyclic) bond motifs is 1. The Balaban J connectivity index is 2.18. The van der Waals surface area contributed by atoms with E-state index in [4.69, 9.17) is 0 Å². The Morgan fingerprint density at radius 3 is 1.83 bits per heavy atom. The number of H-pyrrole nitrogens is 1. The molecule has 3 rings (SSSR count). The van der Waals surface area contributed by atoms with Crippen LogP contribution in [-0.2, 0) is 0 Å². The molecule has 1 aromatic carbocycles. The highest BCUT2D eigenvalue weighted by Crippen LogP contribution is 2.26. The molecule has 4 nitrogen and oxygen atoms in total. The Labute approximate surface area is 129 Å². The standard InChI is InChI=1S/C15H4F5NO3/c16-9-8(10(17)12(19)13(20)11(9)18)15(24)5-3-4-6(22)1-2-7(23)14(4)21-5/h1-3,21H.